The predicted molar refractivity (Wildman–Crippen MR) is 140 cm³/mol. The standard InChI is InChI=1S/C29H51NO5/c1-10-11-13-18-22(20-27(2,3)4)33-25(31)24-23(19-21-16-14-12-15-17-21)30(29(8,9)34-24)26(32)35-28(5,6)7/h10,21-24H,1,11-20H2,2-9H3/t22?,23-,24+/m0/s1. The number of ether oxygens (including phenoxy) is 3. The first-order chi connectivity index (χ1) is 16.1. The van der Waals surface area contributed by atoms with Gasteiger partial charge in [-0.3, -0.25) is 4.90 Å². The molecule has 1 amide bonds. The van der Waals surface area contributed by atoms with Crippen molar-refractivity contribution < 1.29 is 23.8 Å². The van der Waals surface area contributed by atoms with Crippen molar-refractivity contribution in [2.45, 2.75) is 149 Å². The molecule has 6 heteroatoms. The fourth-order valence-corrected chi connectivity index (χ4v) is 5.45. The molecule has 2 fully saturated rings. The van der Waals surface area contributed by atoms with E-state index in [0.29, 0.717) is 5.92 Å². The van der Waals surface area contributed by atoms with Crippen LogP contribution < -0.4 is 0 Å². The normalized spacial score (nSPS) is 24.2. The summed E-state index contributed by atoms with van der Waals surface area (Å²) in [7, 11) is 0. The van der Waals surface area contributed by atoms with Crippen molar-refractivity contribution >= 4 is 12.1 Å². The topological polar surface area (TPSA) is 65.1 Å². The quantitative estimate of drug-likeness (QED) is 0.190. The van der Waals surface area contributed by atoms with Crippen LogP contribution in [0.5, 0.6) is 0 Å². The van der Waals surface area contributed by atoms with Crippen molar-refractivity contribution in [3.05, 3.63) is 12.7 Å². The molecular weight excluding hydrogens is 442 g/mol. The van der Waals surface area contributed by atoms with Gasteiger partial charge in [0.2, 0.25) is 0 Å². The lowest BCUT2D eigenvalue weighted by Gasteiger charge is -2.36. The largest absolute Gasteiger partial charge is 0.460 e. The van der Waals surface area contributed by atoms with E-state index in [2.05, 4.69) is 27.4 Å². The maximum absolute atomic E-state index is 13.6. The fourth-order valence-electron chi connectivity index (χ4n) is 5.45. The fraction of sp³-hybridized carbons (Fsp3) is 0.862. The average molecular weight is 494 g/mol. The van der Waals surface area contributed by atoms with Gasteiger partial charge in [0.15, 0.2) is 6.10 Å². The number of carbonyl (C=O) groups is 2. The molecule has 0 aromatic rings. The number of unbranched alkanes of at least 4 members (excludes halogenated alkanes) is 1. The van der Waals surface area contributed by atoms with E-state index in [0.717, 1.165) is 44.9 Å². The van der Waals surface area contributed by atoms with Gasteiger partial charge in [-0.15, -0.1) is 6.58 Å². The molecule has 202 valence electrons. The Labute approximate surface area is 214 Å². The molecule has 1 heterocycles. The van der Waals surface area contributed by atoms with Crippen molar-refractivity contribution in [3.8, 4) is 0 Å². The van der Waals surface area contributed by atoms with Crippen molar-refractivity contribution in [1.29, 1.82) is 0 Å². The molecule has 1 saturated carbocycles. The molecule has 3 atom stereocenters. The zero-order chi connectivity index (χ0) is 26.4. The van der Waals surface area contributed by atoms with Crippen LogP contribution in [0.15, 0.2) is 12.7 Å². The summed E-state index contributed by atoms with van der Waals surface area (Å²) in [5, 5.41) is 0. The minimum atomic E-state index is -0.965. The summed E-state index contributed by atoms with van der Waals surface area (Å²) in [5.41, 5.74) is -1.57. The monoisotopic (exact) mass is 493 g/mol. The summed E-state index contributed by atoms with van der Waals surface area (Å²) in [6.07, 6.45) is 10.4. The third-order valence-electron chi connectivity index (χ3n) is 6.86. The summed E-state index contributed by atoms with van der Waals surface area (Å²) in [6.45, 7) is 19.5. The molecule has 1 unspecified atom stereocenters. The van der Waals surface area contributed by atoms with E-state index >= 15 is 0 Å². The highest BCUT2D eigenvalue weighted by Crippen LogP contribution is 2.40. The number of nitrogens with zero attached hydrogens (tertiary/aromatic N) is 1. The second-order valence-electron chi connectivity index (χ2n) is 13.2. The molecule has 1 saturated heterocycles. The molecule has 1 aliphatic heterocycles. The van der Waals surface area contributed by atoms with Crippen LogP contribution in [0.1, 0.15) is 120 Å². The smallest absolute Gasteiger partial charge is 0.412 e. The van der Waals surface area contributed by atoms with Gasteiger partial charge in [-0.2, -0.15) is 0 Å². The summed E-state index contributed by atoms with van der Waals surface area (Å²) >= 11 is 0. The minimum absolute atomic E-state index is 0.0268. The van der Waals surface area contributed by atoms with Crippen LogP contribution >= 0.6 is 0 Å². The number of rotatable bonds is 9. The number of hydrogen-bond acceptors (Lipinski definition) is 5. The van der Waals surface area contributed by atoms with Crippen LogP contribution in [0, 0.1) is 11.3 Å². The Hall–Kier alpha value is -1.56. The highest BCUT2D eigenvalue weighted by Gasteiger charge is 2.55. The summed E-state index contributed by atoms with van der Waals surface area (Å²) in [5.74, 6) is 0.0993. The van der Waals surface area contributed by atoms with E-state index in [1.54, 1.807) is 4.90 Å². The molecule has 0 spiro atoms. The van der Waals surface area contributed by atoms with Gasteiger partial charge in [0.05, 0.1) is 6.04 Å². The van der Waals surface area contributed by atoms with Gasteiger partial charge in [-0.1, -0.05) is 59.0 Å². The molecule has 0 aromatic carbocycles. The maximum atomic E-state index is 13.6. The van der Waals surface area contributed by atoms with Crippen molar-refractivity contribution in [3.63, 3.8) is 0 Å². The molecule has 35 heavy (non-hydrogen) atoms. The Morgan fingerprint density at radius 1 is 1.11 bits per heavy atom. The highest BCUT2D eigenvalue weighted by atomic mass is 16.6. The third kappa shape index (κ3) is 9.44. The first-order valence-corrected chi connectivity index (χ1v) is 13.6. The summed E-state index contributed by atoms with van der Waals surface area (Å²) < 4.78 is 18.2. The lowest BCUT2D eigenvalue weighted by Crippen LogP contribution is -2.51. The van der Waals surface area contributed by atoms with Gasteiger partial charge in [0.25, 0.3) is 0 Å². The molecule has 0 radical (unpaired) electrons. The van der Waals surface area contributed by atoms with Crippen LogP contribution in [0.25, 0.3) is 0 Å². The van der Waals surface area contributed by atoms with Crippen molar-refractivity contribution in [1.82, 2.24) is 4.90 Å². The second kappa shape index (κ2) is 12.1. The molecule has 2 rings (SSSR count). The Bertz CT molecular complexity index is 712. The Kier molecular flexibility index (Phi) is 10.3. The van der Waals surface area contributed by atoms with E-state index in [9.17, 15) is 9.59 Å². The van der Waals surface area contributed by atoms with E-state index in [4.69, 9.17) is 14.2 Å². The molecule has 2 aliphatic rings. The van der Waals surface area contributed by atoms with Crippen LogP contribution in [0.2, 0.25) is 0 Å². The molecule has 0 aromatic heterocycles. The molecular formula is C29H51NO5. The van der Waals surface area contributed by atoms with E-state index in [-0.39, 0.29) is 17.5 Å². The summed E-state index contributed by atoms with van der Waals surface area (Å²) in [6, 6.07) is -0.404. The number of amides is 1. The minimum Gasteiger partial charge on any atom is -0.460 e. The number of allylic oxidation sites excluding steroid dienone is 1. The average Bonchev–Trinajstić information content (AvgIpc) is 2.96. The van der Waals surface area contributed by atoms with Gasteiger partial charge in [-0.05, 0) is 78.1 Å². The lowest BCUT2D eigenvalue weighted by molar-refractivity contribution is -0.168. The molecule has 6 nitrogen and oxygen atoms in total. The number of hydrogen-bond donors (Lipinski definition) is 0. The van der Waals surface area contributed by atoms with Gasteiger partial charge in [0.1, 0.15) is 17.4 Å². The first kappa shape index (κ1) is 29.7. The number of carbonyl (C=O) groups excluding carboxylic acids is 2. The van der Waals surface area contributed by atoms with E-state index < -0.39 is 29.6 Å². The maximum Gasteiger partial charge on any atom is 0.412 e. The first-order valence-electron chi connectivity index (χ1n) is 13.6. The van der Waals surface area contributed by atoms with Gasteiger partial charge in [0, 0.05) is 0 Å². The van der Waals surface area contributed by atoms with Crippen LogP contribution in [-0.2, 0) is 19.0 Å². The Morgan fingerprint density at radius 3 is 2.29 bits per heavy atom. The summed E-state index contributed by atoms with van der Waals surface area (Å²) in [4.78, 5) is 28.6. The van der Waals surface area contributed by atoms with Gasteiger partial charge < -0.3 is 14.2 Å². The zero-order valence-corrected chi connectivity index (χ0v) is 23.7. The van der Waals surface area contributed by atoms with E-state index in [1.807, 2.05) is 40.7 Å². The van der Waals surface area contributed by atoms with Crippen molar-refractivity contribution in [2.24, 2.45) is 11.3 Å². The lowest BCUT2D eigenvalue weighted by atomic mass is 9.83. The molecule has 1 aliphatic carbocycles. The predicted octanol–water partition coefficient (Wildman–Crippen LogP) is 7.40. The Balaban J connectivity index is 2.28. The molecule has 0 N–H and O–H groups in total. The van der Waals surface area contributed by atoms with Crippen LogP contribution in [0.3, 0.4) is 0 Å². The third-order valence-corrected chi connectivity index (χ3v) is 6.86. The highest BCUT2D eigenvalue weighted by molar-refractivity contribution is 5.79. The Morgan fingerprint density at radius 2 is 1.74 bits per heavy atom. The number of esters is 1. The SMILES string of the molecule is C=CCCCC(CC(C)(C)C)OC(=O)[C@@H]1OC(C)(C)N(C(=O)OC(C)(C)C)[C@H]1CC1CCCCC1. The van der Waals surface area contributed by atoms with Crippen molar-refractivity contribution in [2.75, 3.05) is 0 Å². The van der Waals surface area contributed by atoms with Crippen LogP contribution in [-0.4, -0.2) is 46.5 Å². The van der Waals surface area contributed by atoms with Gasteiger partial charge in [-0.25, -0.2) is 9.59 Å². The zero-order valence-electron chi connectivity index (χ0n) is 23.7. The van der Waals surface area contributed by atoms with E-state index in [1.165, 1.54) is 19.3 Å². The van der Waals surface area contributed by atoms with Crippen LogP contribution in [0.4, 0.5) is 4.79 Å². The van der Waals surface area contributed by atoms with Gasteiger partial charge >= 0.3 is 12.1 Å². The second-order valence-corrected chi connectivity index (χ2v) is 13.2. The molecule has 0 bridgehead atoms.